The van der Waals surface area contributed by atoms with Crippen molar-refractivity contribution in [2.75, 3.05) is 0 Å². The fourth-order valence-corrected chi connectivity index (χ4v) is 8.13. The summed E-state index contributed by atoms with van der Waals surface area (Å²) in [7, 11) is 0. The molecule has 3 heterocycles. The Morgan fingerprint density at radius 2 is 0.725 bits per heavy atom. The number of benzene rings is 8. The quantitative estimate of drug-likeness (QED) is 0.180. The van der Waals surface area contributed by atoms with Gasteiger partial charge < -0.3 is 13.7 Å². The zero-order chi connectivity index (χ0) is 36.9. The molecule has 11 aromatic rings. The third-order valence-corrected chi connectivity index (χ3v) is 10.3. The molecule has 0 fully saturated rings. The molecule has 3 heteroatoms. The van der Waals surface area contributed by atoms with Crippen molar-refractivity contribution in [1.29, 1.82) is 0 Å². The molecule has 0 amide bonds. The largest absolute Gasteiger partial charge is 0.309 e. The van der Waals surface area contributed by atoms with E-state index >= 15 is 0 Å². The van der Waals surface area contributed by atoms with Crippen molar-refractivity contribution in [3.63, 3.8) is 0 Å². The van der Waals surface area contributed by atoms with Crippen molar-refractivity contribution in [1.82, 2.24) is 13.7 Å². The van der Waals surface area contributed by atoms with E-state index < -0.39 is 0 Å². The summed E-state index contributed by atoms with van der Waals surface area (Å²) in [6.45, 7) is 0. The van der Waals surface area contributed by atoms with Gasteiger partial charge in [-0.2, -0.15) is 0 Å². The Morgan fingerprint density at radius 3 is 1.22 bits per heavy atom. The summed E-state index contributed by atoms with van der Waals surface area (Å²) >= 11 is 0. The highest BCUT2D eigenvalue weighted by Crippen LogP contribution is 2.38. The molecular weight excluding hydrogens is 619 g/mol. The van der Waals surface area contributed by atoms with Gasteiger partial charge >= 0.3 is 0 Å². The lowest BCUT2D eigenvalue weighted by Gasteiger charge is -2.13. The Morgan fingerprint density at radius 1 is 0.314 bits per heavy atom. The van der Waals surface area contributed by atoms with E-state index in [1.165, 1.54) is 10.8 Å². The maximum Gasteiger partial charge on any atom is 0.0651 e. The van der Waals surface area contributed by atoms with E-state index in [1.54, 1.807) is 0 Å². The summed E-state index contributed by atoms with van der Waals surface area (Å²) in [5, 5.41) is 6.48. The lowest BCUT2D eigenvalue weighted by Crippen LogP contribution is -1.98. The molecule has 3 aromatic heterocycles. The SMILES string of the molecule is [2H]c1c([2H])c(-c2ccc3c(c2)c2ccccc2n3-c2cccc(-n3c4ccccc4c4ccccc43)c2)c([2H])c(-n2c3ccccc3c3ccccc32)c1[2H]. The van der Waals surface area contributed by atoms with Crippen molar-refractivity contribution in [3.05, 3.63) is 188 Å². The van der Waals surface area contributed by atoms with Gasteiger partial charge in [-0.1, -0.05) is 115 Å². The van der Waals surface area contributed by atoms with E-state index in [4.69, 9.17) is 4.11 Å². The second-order valence-electron chi connectivity index (χ2n) is 13.1. The predicted octanol–water partition coefficient (Wildman–Crippen LogP) is 12.6. The van der Waals surface area contributed by atoms with Crippen LogP contribution in [0.2, 0.25) is 0 Å². The molecule has 8 aromatic carbocycles. The van der Waals surface area contributed by atoms with Gasteiger partial charge in [0.1, 0.15) is 0 Å². The van der Waals surface area contributed by atoms with Crippen LogP contribution in [0, 0.1) is 0 Å². The second-order valence-corrected chi connectivity index (χ2v) is 13.1. The maximum atomic E-state index is 9.65. The molecule has 0 aliphatic rings. The Kier molecular flexibility index (Phi) is 5.16. The summed E-state index contributed by atoms with van der Waals surface area (Å²) in [4.78, 5) is 0. The molecule has 0 bridgehead atoms. The molecule has 0 atom stereocenters. The summed E-state index contributed by atoms with van der Waals surface area (Å²) in [5.41, 5.74) is 9.44. The minimum absolute atomic E-state index is 0.0551. The van der Waals surface area contributed by atoms with Gasteiger partial charge in [-0.3, -0.25) is 0 Å². The Balaban J connectivity index is 1.13. The van der Waals surface area contributed by atoms with Gasteiger partial charge in [0.15, 0.2) is 0 Å². The second kappa shape index (κ2) is 10.8. The number of fused-ring (bicyclic) bond motifs is 9. The van der Waals surface area contributed by atoms with Gasteiger partial charge in [-0.05, 0) is 83.9 Å². The molecule has 0 aliphatic heterocycles. The maximum absolute atomic E-state index is 9.65. The number of aromatic nitrogens is 3. The first-order valence-corrected chi connectivity index (χ1v) is 17.2. The van der Waals surface area contributed by atoms with E-state index in [0.29, 0.717) is 16.8 Å². The smallest absolute Gasteiger partial charge is 0.0651 e. The first-order chi connectivity index (χ1) is 27.0. The molecule has 0 spiro atoms. The molecule has 0 N–H and O–H groups in total. The first kappa shape index (κ1) is 24.3. The van der Waals surface area contributed by atoms with Crippen molar-refractivity contribution in [2.24, 2.45) is 0 Å². The van der Waals surface area contributed by atoms with Crippen LogP contribution in [0.15, 0.2) is 188 Å². The normalized spacial score (nSPS) is 13.0. The average Bonchev–Trinajstić information content (AvgIpc) is 3.86. The minimum Gasteiger partial charge on any atom is -0.309 e. The molecular formula is C48H31N3. The van der Waals surface area contributed by atoms with Crippen molar-refractivity contribution in [2.45, 2.75) is 0 Å². The van der Waals surface area contributed by atoms with E-state index in [-0.39, 0.29) is 24.2 Å². The third kappa shape index (κ3) is 4.12. The topological polar surface area (TPSA) is 14.8 Å². The van der Waals surface area contributed by atoms with E-state index in [1.807, 2.05) is 65.2 Å². The summed E-state index contributed by atoms with van der Waals surface area (Å²) in [5.74, 6) is 0. The van der Waals surface area contributed by atoms with Crippen LogP contribution >= 0.6 is 0 Å². The predicted molar refractivity (Wildman–Crippen MR) is 215 cm³/mol. The van der Waals surface area contributed by atoms with Crippen LogP contribution in [0.3, 0.4) is 0 Å². The molecule has 3 nitrogen and oxygen atoms in total. The molecule has 11 rings (SSSR count). The highest BCUT2D eigenvalue weighted by atomic mass is 15.0. The number of hydrogen-bond donors (Lipinski definition) is 0. The third-order valence-electron chi connectivity index (χ3n) is 10.3. The highest BCUT2D eigenvalue weighted by Gasteiger charge is 2.17. The van der Waals surface area contributed by atoms with Crippen LogP contribution in [0.4, 0.5) is 0 Å². The van der Waals surface area contributed by atoms with Crippen LogP contribution in [0.25, 0.3) is 93.6 Å². The van der Waals surface area contributed by atoms with Gasteiger partial charge in [0.05, 0.1) is 38.6 Å². The Labute approximate surface area is 300 Å². The van der Waals surface area contributed by atoms with Gasteiger partial charge in [0, 0.05) is 49.4 Å². The lowest BCUT2D eigenvalue weighted by molar-refractivity contribution is 1.13. The number of para-hydroxylation sites is 5. The fraction of sp³-hybridized carbons (Fsp3) is 0. The van der Waals surface area contributed by atoms with Crippen LogP contribution in [-0.4, -0.2) is 13.7 Å². The van der Waals surface area contributed by atoms with Gasteiger partial charge in [0.25, 0.3) is 0 Å². The van der Waals surface area contributed by atoms with Crippen LogP contribution in [-0.2, 0) is 0 Å². The van der Waals surface area contributed by atoms with Crippen LogP contribution in [0.1, 0.15) is 5.48 Å². The Hall–Kier alpha value is -6.84. The van der Waals surface area contributed by atoms with Crippen molar-refractivity contribution < 1.29 is 5.48 Å². The van der Waals surface area contributed by atoms with Crippen molar-refractivity contribution >= 4 is 65.4 Å². The molecule has 51 heavy (non-hydrogen) atoms. The van der Waals surface area contributed by atoms with Gasteiger partial charge in [-0.25, -0.2) is 0 Å². The number of hydrogen-bond acceptors (Lipinski definition) is 0. The Bertz CT molecular complexity index is 3280. The van der Waals surface area contributed by atoms with E-state index in [9.17, 15) is 1.37 Å². The minimum atomic E-state index is -0.202. The molecule has 238 valence electrons. The molecule has 0 saturated heterocycles. The zero-order valence-corrected chi connectivity index (χ0v) is 27.4. The molecule has 0 radical (unpaired) electrons. The van der Waals surface area contributed by atoms with Crippen LogP contribution < -0.4 is 0 Å². The lowest BCUT2D eigenvalue weighted by atomic mass is 10.0. The molecule has 0 unspecified atom stereocenters. The van der Waals surface area contributed by atoms with Crippen molar-refractivity contribution in [3.8, 4) is 28.2 Å². The fourth-order valence-electron chi connectivity index (χ4n) is 8.13. The average molecular weight is 654 g/mol. The van der Waals surface area contributed by atoms with Gasteiger partial charge in [0.2, 0.25) is 0 Å². The molecule has 0 saturated carbocycles. The van der Waals surface area contributed by atoms with E-state index in [0.717, 1.165) is 66.0 Å². The zero-order valence-electron chi connectivity index (χ0n) is 31.4. The standard InChI is InChI=1S/C48H31N3/c1-6-22-43-37(17-1)38-18-2-7-23-44(38)49(43)34-14-11-13-32(29-34)33-27-28-48-42(30-33)41-21-5-10-26-47(41)51(48)36-16-12-15-35(31-36)50-45-24-8-3-19-39(45)40-20-4-9-25-46(40)50/h1-31H/i11D,13D,14D,29D. The van der Waals surface area contributed by atoms with Crippen LogP contribution in [0.5, 0.6) is 0 Å². The first-order valence-electron chi connectivity index (χ1n) is 19.2. The summed E-state index contributed by atoms with van der Waals surface area (Å²) in [6, 6.07) is 55.7. The van der Waals surface area contributed by atoms with E-state index in [2.05, 4.69) is 112 Å². The number of nitrogens with zero attached hydrogens (tertiary/aromatic N) is 3. The summed E-state index contributed by atoms with van der Waals surface area (Å²) in [6.07, 6.45) is 0. The highest BCUT2D eigenvalue weighted by molar-refractivity contribution is 6.12. The van der Waals surface area contributed by atoms with Gasteiger partial charge in [-0.15, -0.1) is 0 Å². The number of rotatable bonds is 4. The monoisotopic (exact) mass is 653 g/mol. The molecule has 0 aliphatic carbocycles. The summed E-state index contributed by atoms with van der Waals surface area (Å²) < 4.78 is 43.4.